The first-order chi connectivity index (χ1) is 10.1. The number of rotatable bonds is 3. The molecule has 1 aliphatic rings. The van der Waals surface area contributed by atoms with Crippen LogP contribution in [0.4, 0.5) is 5.69 Å². The molecule has 0 spiro atoms. The van der Waals surface area contributed by atoms with E-state index in [1.807, 2.05) is 31.2 Å². The molecule has 3 rings (SSSR count). The second-order valence-electron chi connectivity index (χ2n) is 5.09. The second kappa shape index (κ2) is 5.35. The SMILES string of the molecule is Cc1ccc(N2C[C@H](C(=O)Nn3cnnc3)CC2=O)cc1. The molecule has 1 saturated heterocycles. The number of hydrogen-bond donors (Lipinski definition) is 1. The summed E-state index contributed by atoms with van der Waals surface area (Å²) in [7, 11) is 0. The number of aromatic nitrogens is 3. The van der Waals surface area contributed by atoms with Gasteiger partial charge in [-0.05, 0) is 19.1 Å². The Labute approximate surface area is 121 Å². The van der Waals surface area contributed by atoms with Crippen LogP contribution in [0.25, 0.3) is 0 Å². The molecule has 2 heterocycles. The molecule has 21 heavy (non-hydrogen) atoms. The lowest BCUT2D eigenvalue weighted by Crippen LogP contribution is -2.31. The second-order valence-corrected chi connectivity index (χ2v) is 5.09. The van der Waals surface area contributed by atoms with Crippen molar-refractivity contribution < 1.29 is 9.59 Å². The van der Waals surface area contributed by atoms with Crippen LogP contribution in [0.2, 0.25) is 0 Å². The zero-order chi connectivity index (χ0) is 14.8. The van der Waals surface area contributed by atoms with Crippen molar-refractivity contribution in [3.05, 3.63) is 42.5 Å². The molecule has 2 aromatic rings. The number of aryl methyl sites for hydroxylation is 1. The molecule has 1 aromatic heterocycles. The Morgan fingerprint density at radius 3 is 2.57 bits per heavy atom. The van der Waals surface area contributed by atoms with Crippen molar-refractivity contribution in [2.45, 2.75) is 13.3 Å². The molecule has 1 aliphatic heterocycles. The van der Waals surface area contributed by atoms with Crippen LogP contribution in [-0.4, -0.2) is 33.2 Å². The van der Waals surface area contributed by atoms with Crippen LogP contribution in [0.15, 0.2) is 36.9 Å². The predicted molar refractivity (Wildman–Crippen MR) is 76.0 cm³/mol. The zero-order valence-corrected chi connectivity index (χ0v) is 11.6. The Hall–Kier alpha value is -2.70. The van der Waals surface area contributed by atoms with E-state index >= 15 is 0 Å². The highest BCUT2D eigenvalue weighted by molar-refractivity contribution is 6.01. The van der Waals surface area contributed by atoms with Gasteiger partial charge in [-0.15, -0.1) is 10.2 Å². The molecule has 1 N–H and O–H groups in total. The lowest BCUT2D eigenvalue weighted by atomic mass is 10.1. The van der Waals surface area contributed by atoms with E-state index in [1.54, 1.807) is 4.90 Å². The van der Waals surface area contributed by atoms with Gasteiger partial charge >= 0.3 is 0 Å². The van der Waals surface area contributed by atoms with Gasteiger partial charge in [-0.3, -0.25) is 15.0 Å². The third kappa shape index (κ3) is 2.76. The Bertz CT molecular complexity index is 651. The van der Waals surface area contributed by atoms with Crippen molar-refractivity contribution in [2.24, 2.45) is 5.92 Å². The van der Waals surface area contributed by atoms with E-state index in [4.69, 9.17) is 0 Å². The van der Waals surface area contributed by atoms with Crippen molar-refractivity contribution in [3.8, 4) is 0 Å². The molecule has 2 amide bonds. The van der Waals surface area contributed by atoms with Crippen molar-refractivity contribution in [1.82, 2.24) is 14.9 Å². The predicted octanol–water partition coefficient (Wildman–Crippen LogP) is 0.710. The monoisotopic (exact) mass is 285 g/mol. The first-order valence-electron chi connectivity index (χ1n) is 6.66. The number of carbonyl (C=O) groups is 2. The maximum Gasteiger partial charge on any atom is 0.244 e. The van der Waals surface area contributed by atoms with Crippen LogP contribution in [0, 0.1) is 12.8 Å². The van der Waals surface area contributed by atoms with Gasteiger partial charge in [-0.25, -0.2) is 4.68 Å². The highest BCUT2D eigenvalue weighted by Crippen LogP contribution is 2.25. The van der Waals surface area contributed by atoms with Crippen molar-refractivity contribution in [1.29, 1.82) is 0 Å². The number of benzene rings is 1. The van der Waals surface area contributed by atoms with Gasteiger partial charge in [0.25, 0.3) is 0 Å². The lowest BCUT2D eigenvalue weighted by molar-refractivity contribution is -0.123. The minimum atomic E-state index is -0.374. The molecular weight excluding hydrogens is 270 g/mol. The van der Waals surface area contributed by atoms with Gasteiger partial charge in [-0.1, -0.05) is 17.7 Å². The van der Waals surface area contributed by atoms with Crippen molar-refractivity contribution >= 4 is 17.5 Å². The van der Waals surface area contributed by atoms with E-state index in [-0.39, 0.29) is 24.2 Å². The molecule has 0 aliphatic carbocycles. The average molecular weight is 285 g/mol. The summed E-state index contributed by atoms with van der Waals surface area (Å²) in [5.41, 5.74) is 4.60. The normalized spacial score (nSPS) is 18.0. The molecule has 0 saturated carbocycles. The third-order valence-electron chi connectivity index (χ3n) is 3.50. The first-order valence-corrected chi connectivity index (χ1v) is 6.66. The lowest BCUT2D eigenvalue weighted by Gasteiger charge is -2.16. The summed E-state index contributed by atoms with van der Waals surface area (Å²) in [5.74, 6) is -0.623. The van der Waals surface area contributed by atoms with Crippen LogP contribution in [0.3, 0.4) is 0 Å². The van der Waals surface area contributed by atoms with E-state index in [0.29, 0.717) is 6.54 Å². The van der Waals surface area contributed by atoms with Crippen LogP contribution in [-0.2, 0) is 9.59 Å². The molecule has 1 aromatic carbocycles. The summed E-state index contributed by atoms with van der Waals surface area (Å²) in [6.07, 6.45) is 3.00. The maximum atomic E-state index is 12.1. The molecule has 7 heteroatoms. The van der Waals surface area contributed by atoms with Crippen LogP contribution in [0.1, 0.15) is 12.0 Å². The quantitative estimate of drug-likeness (QED) is 0.900. The van der Waals surface area contributed by atoms with Gasteiger partial charge in [0.05, 0.1) is 5.92 Å². The fourth-order valence-corrected chi connectivity index (χ4v) is 2.33. The highest BCUT2D eigenvalue weighted by atomic mass is 16.2. The molecule has 0 radical (unpaired) electrons. The van der Waals surface area contributed by atoms with Crippen LogP contribution in [0.5, 0.6) is 0 Å². The van der Waals surface area contributed by atoms with E-state index in [2.05, 4.69) is 15.6 Å². The van der Waals surface area contributed by atoms with Crippen molar-refractivity contribution in [2.75, 3.05) is 16.9 Å². The summed E-state index contributed by atoms with van der Waals surface area (Å²) < 4.78 is 1.38. The molecule has 7 nitrogen and oxygen atoms in total. The van der Waals surface area contributed by atoms with Gasteiger partial charge < -0.3 is 4.90 Å². The summed E-state index contributed by atoms with van der Waals surface area (Å²) in [6.45, 7) is 2.38. The standard InChI is InChI=1S/C14H15N5O2/c1-10-2-4-12(5-3-10)19-7-11(6-13(19)20)14(21)17-18-8-15-16-9-18/h2-5,8-9,11H,6-7H2,1H3,(H,17,21)/t11-/m1/s1. The van der Waals surface area contributed by atoms with Gasteiger partial charge in [0, 0.05) is 18.7 Å². The minimum Gasteiger partial charge on any atom is -0.312 e. The third-order valence-corrected chi connectivity index (χ3v) is 3.50. The Balaban J connectivity index is 1.69. The summed E-state index contributed by atoms with van der Waals surface area (Å²) in [4.78, 5) is 25.9. The fraction of sp³-hybridized carbons (Fsp3) is 0.286. The Kier molecular flexibility index (Phi) is 3.39. The van der Waals surface area contributed by atoms with Crippen LogP contribution >= 0.6 is 0 Å². The molecule has 1 atom stereocenters. The molecule has 0 bridgehead atoms. The molecule has 0 unspecified atom stereocenters. The highest BCUT2D eigenvalue weighted by Gasteiger charge is 2.35. The topological polar surface area (TPSA) is 80.1 Å². The van der Waals surface area contributed by atoms with E-state index in [1.165, 1.54) is 17.3 Å². The number of anilines is 1. The van der Waals surface area contributed by atoms with E-state index < -0.39 is 0 Å². The number of nitrogens with zero attached hydrogens (tertiary/aromatic N) is 4. The van der Waals surface area contributed by atoms with Crippen molar-refractivity contribution in [3.63, 3.8) is 0 Å². The minimum absolute atomic E-state index is 0.0391. The molecule has 1 fully saturated rings. The molecular formula is C14H15N5O2. The largest absolute Gasteiger partial charge is 0.312 e. The van der Waals surface area contributed by atoms with Gasteiger partial charge in [0.2, 0.25) is 11.8 Å². The number of nitrogens with one attached hydrogen (secondary N) is 1. The zero-order valence-electron chi connectivity index (χ0n) is 11.6. The Morgan fingerprint density at radius 1 is 1.24 bits per heavy atom. The first kappa shape index (κ1) is 13.3. The summed E-state index contributed by atoms with van der Waals surface area (Å²) in [6, 6.07) is 7.70. The van der Waals surface area contributed by atoms with Gasteiger partial charge in [0.15, 0.2) is 0 Å². The summed E-state index contributed by atoms with van der Waals surface area (Å²) in [5, 5.41) is 7.22. The van der Waals surface area contributed by atoms with Crippen LogP contribution < -0.4 is 10.3 Å². The van der Waals surface area contributed by atoms with Gasteiger partial charge in [0.1, 0.15) is 12.7 Å². The Morgan fingerprint density at radius 2 is 1.90 bits per heavy atom. The van der Waals surface area contributed by atoms with Gasteiger partial charge in [-0.2, -0.15) is 0 Å². The number of hydrogen-bond acceptors (Lipinski definition) is 4. The summed E-state index contributed by atoms with van der Waals surface area (Å²) >= 11 is 0. The average Bonchev–Trinajstić information content (AvgIpc) is 3.09. The molecule has 108 valence electrons. The number of carbonyl (C=O) groups excluding carboxylic acids is 2. The fourth-order valence-electron chi connectivity index (χ4n) is 2.33. The number of amides is 2. The maximum absolute atomic E-state index is 12.1. The van der Waals surface area contributed by atoms with E-state index in [0.717, 1.165) is 11.3 Å². The smallest absolute Gasteiger partial charge is 0.244 e. The van der Waals surface area contributed by atoms with E-state index in [9.17, 15) is 9.59 Å².